The predicted molar refractivity (Wildman–Crippen MR) is 35.2 cm³/mol. The molecular formula is C7H10F4. The summed E-state index contributed by atoms with van der Waals surface area (Å²) < 4.78 is 48.3. The molecule has 0 saturated heterocycles. The van der Waals surface area contributed by atoms with Gasteiger partial charge in [0, 0.05) is 0 Å². The summed E-state index contributed by atoms with van der Waals surface area (Å²) in [6, 6.07) is 0. The SMILES string of the molecule is C=CC(F)(F)C(F)CCCF. The van der Waals surface area contributed by atoms with Crippen molar-refractivity contribution in [2.24, 2.45) is 0 Å². The van der Waals surface area contributed by atoms with Crippen molar-refractivity contribution in [3.05, 3.63) is 12.7 Å². The lowest BCUT2D eigenvalue weighted by Crippen LogP contribution is -2.27. The van der Waals surface area contributed by atoms with Gasteiger partial charge in [-0.3, -0.25) is 4.39 Å². The van der Waals surface area contributed by atoms with Crippen LogP contribution in [-0.2, 0) is 0 Å². The molecule has 0 aromatic heterocycles. The normalized spacial score (nSPS) is 14.5. The maximum Gasteiger partial charge on any atom is 0.296 e. The fourth-order valence-corrected chi connectivity index (χ4v) is 0.577. The summed E-state index contributed by atoms with van der Waals surface area (Å²) in [4.78, 5) is 0. The van der Waals surface area contributed by atoms with Crippen LogP contribution in [0.4, 0.5) is 17.6 Å². The fraction of sp³-hybridized carbons (Fsp3) is 0.714. The largest absolute Gasteiger partial charge is 0.296 e. The van der Waals surface area contributed by atoms with Crippen LogP contribution >= 0.6 is 0 Å². The zero-order chi connectivity index (χ0) is 8.91. The second kappa shape index (κ2) is 4.36. The van der Waals surface area contributed by atoms with Crippen LogP contribution < -0.4 is 0 Å². The molecule has 0 radical (unpaired) electrons. The van der Waals surface area contributed by atoms with Gasteiger partial charge >= 0.3 is 0 Å². The van der Waals surface area contributed by atoms with E-state index in [2.05, 4.69) is 6.58 Å². The second-order valence-electron chi connectivity index (χ2n) is 2.18. The molecule has 0 aliphatic heterocycles. The molecule has 0 aromatic rings. The van der Waals surface area contributed by atoms with E-state index in [1.165, 1.54) is 0 Å². The molecule has 0 bridgehead atoms. The van der Waals surface area contributed by atoms with Crippen molar-refractivity contribution in [2.45, 2.75) is 24.9 Å². The van der Waals surface area contributed by atoms with Crippen molar-refractivity contribution in [3.63, 3.8) is 0 Å². The Labute approximate surface area is 62.9 Å². The first-order chi connectivity index (χ1) is 5.04. The predicted octanol–water partition coefficient (Wildman–Crippen LogP) is 2.90. The van der Waals surface area contributed by atoms with E-state index in [1.54, 1.807) is 0 Å². The quantitative estimate of drug-likeness (QED) is 0.439. The van der Waals surface area contributed by atoms with Crippen LogP contribution in [0.1, 0.15) is 12.8 Å². The summed E-state index contributed by atoms with van der Waals surface area (Å²) in [5.74, 6) is -3.52. The van der Waals surface area contributed by atoms with Gasteiger partial charge in [-0.25, -0.2) is 4.39 Å². The average Bonchev–Trinajstić information content (AvgIpc) is 2.00. The first-order valence-corrected chi connectivity index (χ1v) is 3.26. The molecule has 11 heavy (non-hydrogen) atoms. The topological polar surface area (TPSA) is 0 Å². The van der Waals surface area contributed by atoms with Gasteiger partial charge in [0.2, 0.25) is 0 Å². The Morgan fingerprint density at radius 3 is 2.36 bits per heavy atom. The van der Waals surface area contributed by atoms with E-state index >= 15 is 0 Å². The van der Waals surface area contributed by atoms with Crippen LogP contribution in [-0.4, -0.2) is 18.8 Å². The van der Waals surface area contributed by atoms with Gasteiger partial charge in [-0.2, -0.15) is 8.78 Å². The third kappa shape index (κ3) is 3.39. The Morgan fingerprint density at radius 1 is 1.45 bits per heavy atom. The number of hydrogen-bond acceptors (Lipinski definition) is 0. The monoisotopic (exact) mass is 170 g/mol. The molecule has 0 aromatic carbocycles. The van der Waals surface area contributed by atoms with Gasteiger partial charge < -0.3 is 0 Å². The maximum absolute atomic E-state index is 12.4. The van der Waals surface area contributed by atoms with Gasteiger partial charge in [0.25, 0.3) is 5.92 Å². The van der Waals surface area contributed by atoms with Crippen LogP contribution in [0.15, 0.2) is 12.7 Å². The highest BCUT2D eigenvalue weighted by molar-refractivity contribution is 4.92. The highest BCUT2D eigenvalue weighted by atomic mass is 19.3. The van der Waals surface area contributed by atoms with Gasteiger partial charge in [-0.05, 0) is 18.9 Å². The van der Waals surface area contributed by atoms with Crippen molar-refractivity contribution in [3.8, 4) is 0 Å². The Bertz CT molecular complexity index is 122. The second-order valence-corrected chi connectivity index (χ2v) is 2.18. The number of alkyl halides is 4. The van der Waals surface area contributed by atoms with E-state index in [-0.39, 0.29) is 12.5 Å². The molecule has 0 aliphatic carbocycles. The average molecular weight is 170 g/mol. The molecular weight excluding hydrogens is 160 g/mol. The zero-order valence-electron chi connectivity index (χ0n) is 5.99. The van der Waals surface area contributed by atoms with Crippen molar-refractivity contribution < 1.29 is 17.6 Å². The fourth-order valence-electron chi connectivity index (χ4n) is 0.577. The lowest BCUT2D eigenvalue weighted by molar-refractivity contribution is -0.0314. The highest BCUT2D eigenvalue weighted by Gasteiger charge is 2.35. The van der Waals surface area contributed by atoms with Gasteiger partial charge in [0.15, 0.2) is 6.17 Å². The van der Waals surface area contributed by atoms with E-state index < -0.39 is 25.2 Å². The molecule has 0 rings (SSSR count). The molecule has 0 nitrogen and oxygen atoms in total. The van der Waals surface area contributed by atoms with Crippen molar-refractivity contribution in [1.82, 2.24) is 0 Å². The third-order valence-electron chi connectivity index (χ3n) is 1.28. The molecule has 1 unspecified atom stereocenters. The minimum Gasteiger partial charge on any atom is -0.251 e. The Morgan fingerprint density at radius 2 is 2.00 bits per heavy atom. The van der Waals surface area contributed by atoms with Crippen LogP contribution in [0.2, 0.25) is 0 Å². The molecule has 0 saturated carbocycles. The van der Waals surface area contributed by atoms with E-state index in [1.807, 2.05) is 0 Å². The highest BCUT2D eigenvalue weighted by Crippen LogP contribution is 2.25. The molecule has 0 N–H and O–H groups in total. The van der Waals surface area contributed by atoms with Gasteiger partial charge in [-0.15, -0.1) is 0 Å². The summed E-state index contributed by atoms with van der Waals surface area (Å²) in [6.07, 6.45) is -2.70. The summed E-state index contributed by atoms with van der Waals surface area (Å²) >= 11 is 0. The van der Waals surface area contributed by atoms with E-state index in [4.69, 9.17) is 0 Å². The summed E-state index contributed by atoms with van der Waals surface area (Å²) in [7, 11) is 0. The Kier molecular flexibility index (Phi) is 4.15. The number of hydrogen-bond donors (Lipinski definition) is 0. The molecule has 4 heteroatoms. The van der Waals surface area contributed by atoms with Crippen molar-refractivity contribution >= 4 is 0 Å². The first kappa shape index (κ1) is 10.5. The number of allylic oxidation sites excluding steroid dienone is 1. The third-order valence-corrected chi connectivity index (χ3v) is 1.28. The summed E-state index contributed by atoms with van der Waals surface area (Å²) in [6.45, 7) is 2.01. The van der Waals surface area contributed by atoms with Crippen LogP contribution in [0.25, 0.3) is 0 Å². The van der Waals surface area contributed by atoms with Gasteiger partial charge in [-0.1, -0.05) is 6.58 Å². The van der Waals surface area contributed by atoms with Crippen LogP contribution in [0.3, 0.4) is 0 Å². The molecule has 0 fully saturated rings. The first-order valence-electron chi connectivity index (χ1n) is 3.26. The molecule has 0 amide bonds. The van der Waals surface area contributed by atoms with Gasteiger partial charge in [0.1, 0.15) is 0 Å². The molecule has 0 spiro atoms. The minimum absolute atomic E-state index is 0.176. The van der Waals surface area contributed by atoms with Crippen LogP contribution in [0.5, 0.6) is 0 Å². The Balaban J connectivity index is 3.80. The van der Waals surface area contributed by atoms with Crippen molar-refractivity contribution in [2.75, 3.05) is 6.67 Å². The van der Waals surface area contributed by atoms with Gasteiger partial charge in [0.05, 0.1) is 6.67 Å². The summed E-state index contributed by atoms with van der Waals surface area (Å²) in [5.41, 5.74) is 0. The molecule has 0 heterocycles. The minimum atomic E-state index is -3.52. The lowest BCUT2D eigenvalue weighted by atomic mass is 10.1. The van der Waals surface area contributed by atoms with Crippen molar-refractivity contribution in [1.29, 1.82) is 0 Å². The maximum atomic E-state index is 12.4. The number of rotatable bonds is 5. The zero-order valence-corrected chi connectivity index (χ0v) is 5.99. The molecule has 1 atom stereocenters. The number of halogens is 4. The van der Waals surface area contributed by atoms with E-state index in [9.17, 15) is 17.6 Å². The van der Waals surface area contributed by atoms with E-state index in [0.29, 0.717) is 0 Å². The summed E-state index contributed by atoms with van der Waals surface area (Å²) in [5, 5.41) is 0. The Hall–Kier alpha value is -0.540. The molecule has 66 valence electrons. The lowest BCUT2D eigenvalue weighted by Gasteiger charge is -2.15. The van der Waals surface area contributed by atoms with Crippen LogP contribution in [0, 0.1) is 0 Å². The van der Waals surface area contributed by atoms with E-state index in [0.717, 1.165) is 0 Å². The smallest absolute Gasteiger partial charge is 0.251 e. The molecule has 0 aliphatic rings. The standard InChI is InChI=1S/C7H10F4/c1-2-7(10,11)6(9)4-3-5-8/h2,6H,1,3-5H2.